The second kappa shape index (κ2) is 13.8. The Morgan fingerprint density at radius 2 is 1.35 bits per heavy atom. The van der Waals surface area contributed by atoms with Crippen LogP contribution in [0.15, 0.2) is 97.7 Å². The van der Waals surface area contributed by atoms with Crippen LogP contribution in [-0.4, -0.2) is 24.2 Å². The van der Waals surface area contributed by atoms with Crippen molar-refractivity contribution in [1.82, 2.24) is 29.3 Å². The van der Waals surface area contributed by atoms with Crippen molar-refractivity contribution in [2.75, 3.05) is 0 Å². The van der Waals surface area contributed by atoms with E-state index in [9.17, 15) is 0 Å². The van der Waals surface area contributed by atoms with Crippen LogP contribution in [0.1, 0.15) is 5.82 Å². The third kappa shape index (κ3) is 8.17. The molecule has 0 amide bonds. The number of benzene rings is 2. The minimum Gasteiger partial charge on any atom is -0.421 e. The number of hydrogen-bond donors (Lipinski definition) is 0. The molecule has 0 saturated carbocycles. The first-order chi connectivity index (χ1) is 17.6. The number of pyridine rings is 1. The van der Waals surface area contributed by atoms with E-state index in [0.717, 1.165) is 17.1 Å². The quantitative estimate of drug-likeness (QED) is 0.216. The smallest absolute Gasteiger partial charge is 0.241 e. The maximum atomic E-state index is 4.10. The third-order valence-electron chi connectivity index (χ3n) is 4.77. The molecule has 0 spiro atoms. The van der Waals surface area contributed by atoms with E-state index in [1.165, 1.54) is 0 Å². The Hall–Kier alpha value is -4.20. The molecule has 9 heteroatoms. The van der Waals surface area contributed by atoms with Crippen LogP contribution in [-0.2, 0) is 34.2 Å². The molecule has 1 radical (unpaired) electrons. The number of imidazole rings is 2. The molecule has 4 heterocycles. The number of nitrogens with zero attached hydrogens (tertiary/aromatic N) is 8. The number of aromatic nitrogens is 8. The molecule has 37 heavy (non-hydrogen) atoms. The second-order valence-electron chi connectivity index (χ2n) is 7.65. The maximum absolute atomic E-state index is 4.10. The standard InChI is InChI=1S/2C10H9N2.C8H7N4.Ir/c2*1-11-7-8-12(9-11)10-5-3-2-4-6-10;1-6-10-8(12-11-6)7-4-2-3-5-9-7;/h2*2-5,7-8H,1H3;2-5H,1H3;/q3*-1;. The van der Waals surface area contributed by atoms with E-state index < -0.39 is 0 Å². The Balaban J connectivity index is 0.000000152. The normalized spacial score (nSPS) is 9.81. The zero-order valence-corrected chi connectivity index (χ0v) is 23.0. The molecule has 6 rings (SSSR count). The van der Waals surface area contributed by atoms with Gasteiger partial charge in [0.05, 0.1) is 19.8 Å². The number of para-hydroxylation sites is 2. The van der Waals surface area contributed by atoms with Crippen molar-refractivity contribution >= 4 is 0 Å². The number of aryl methyl sites for hydroxylation is 3. The molecule has 0 unspecified atom stereocenters. The predicted molar refractivity (Wildman–Crippen MR) is 133 cm³/mol. The fraction of sp³-hybridized carbons (Fsp3) is 0.107. The van der Waals surface area contributed by atoms with Crippen molar-refractivity contribution in [1.29, 1.82) is 0 Å². The molecule has 0 aliphatic rings. The van der Waals surface area contributed by atoms with Gasteiger partial charge in [-0.15, -0.1) is 0 Å². The van der Waals surface area contributed by atoms with E-state index >= 15 is 0 Å². The van der Waals surface area contributed by atoms with Crippen LogP contribution >= 0.6 is 0 Å². The summed E-state index contributed by atoms with van der Waals surface area (Å²) < 4.78 is 7.56. The van der Waals surface area contributed by atoms with Gasteiger partial charge >= 0.3 is 0 Å². The molecule has 0 aliphatic carbocycles. The van der Waals surface area contributed by atoms with Gasteiger partial charge in [-0.05, 0) is 24.9 Å². The van der Waals surface area contributed by atoms with Crippen molar-refractivity contribution in [2.24, 2.45) is 14.1 Å². The average molecular weight is 666 g/mol. The van der Waals surface area contributed by atoms with Gasteiger partial charge in [-0.1, -0.05) is 17.4 Å². The third-order valence-corrected chi connectivity index (χ3v) is 4.77. The zero-order chi connectivity index (χ0) is 25.2. The number of hydrogen-bond acceptors (Lipinski definition) is 3. The number of rotatable bonds is 3. The molecule has 6 aromatic rings. The van der Waals surface area contributed by atoms with E-state index in [2.05, 4.69) is 45.0 Å². The van der Waals surface area contributed by atoms with Gasteiger partial charge in [0.25, 0.3) is 0 Å². The predicted octanol–water partition coefficient (Wildman–Crippen LogP) is 2.61. The Morgan fingerprint density at radius 3 is 1.73 bits per heavy atom. The van der Waals surface area contributed by atoms with Gasteiger partial charge in [0.15, 0.2) is 0 Å². The van der Waals surface area contributed by atoms with Crippen LogP contribution in [0.3, 0.4) is 0 Å². The summed E-state index contributed by atoms with van der Waals surface area (Å²) in [7, 11) is 3.89. The molecular weight excluding hydrogens is 641 g/mol. The molecule has 0 fully saturated rings. The van der Waals surface area contributed by atoms with Crippen molar-refractivity contribution < 1.29 is 29.2 Å². The monoisotopic (exact) mass is 666 g/mol. The molecule has 8 nitrogen and oxygen atoms in total. The summed E-state index contributed by atoms with van der Waals surface area (Å²) in [6.45, 7) is 1.80. The molecule has 189 valence electrons. The fourth-order valence-corrected chi connectivity index (χ4v) is 3.06. The van der Waals surface area contributed by atoms with Crippen LogP contribution in [0.4, 0.5) is 0 Å². The largest absolute Gasteiger partial charge is 0.421 e. The molecular formula is C28H25IrN8-3. The van der Waals surface area contributed by atoms with Gasteiger partial charge in [0.2, 0.25) is 12.7 Å². The van der Waals surface area contributed by atoms with E-state index in [1.807, 2.05) is 124 Å². The first-order valence-electron chi connectivity index (χ1n) is 11.2. The molecule has 0 atom stereocenters. The van der Waals surface area contributed by atoms with Gasteiger partial charge in [-0.25, -0.2) is 0 Å². The Kier molecular flexibility index (Phi) is 10.2. The van der Waals surface area contributed by atoms with Crippen LogP contribution in [0, 0.1) is 31.7 Å². The summed E-state index contributed by atoms with van der Waals surface area (Å²) in [5, 5.41) is 7.65. The molecule has 0 bridgehead atoms. The molecule has 2 aromatic carbocycles. The minimum absolute atomic E-state index is 0. The second-order valence-corrected chi connectivity index (χ2v) is 7.65. The Morgan fingerprint density at radius 1 is 0.784 bits per heavy atom. The van der Waals surface area contributed by atoms with Crippen LogP contribution in [0.5, 0.6) is 0 Å². The van der Waals surface area contributed by atoms with E-state index in [4.69, 9.17) is 0 Å². The zero-order valence-electron chi connectivity index (χ0n) is 20.6. The van der Waals surface area contributed by atoms with Gasteiger partial charge in [0, 0.05) is 56.9 Å². The van der Waals surface area contributed by atoms with E-state index in [-0.39, 0.29) is 20.1 Å². The maximum Gasteiger partial charge on any atom is 0.241 e. The average Bonchev–Trinajstić information content (AvgIpc) is 3.68. The SMILES string of the molecule is C[n+]1[c-]n(-c2[c-]cccc2)cc1.C[n+]1[c-]n(-c2[c-]cccc2)cc1.Cc1n[n-]c(-c2ccccn2)n1.[Ir]. The molecule has 0 aliphatic heterocycles. The van der Waals surface area contributed by atoms with Crippen molar-refractivity contribution in [3.8, 4) is 22.9 Å². The van der Waals surface area contributed by atoms with Crippen LogP contribution in [0.2, 0.25) is 0 Å². The van der Waals surface area contributed by atoms with E-state index in [0.29, 0.717) is 11.6 Å². The summed E-state index contributed by atoms with van der Waals surface area (Å²) >= 11 is 0. The topological polar surface area (TPSA) is 70.4 Å². The molecule has 4 aromatic heterocycles. The Bertz CT molecular complexity index is 1280. The summed E-state index contributed by atoms with van der Waals surface area (Å²) in [6.07, 6.45) is 15.7. The van der Waals surface area contributed by atoms with E-state index in [1.54, 1.807) is 13.1 Å². The summed E-state index contributed by atoms with van der Waals surface area (Å²) in [4.78, 5) is 8.19. The fourth-order valence-electron chi connectivity index (χ4n) is 3.06. The van der Waals surface area contributed by atoms with Crippen LogP contribution < -0.4 is 14.2 Å². The van der Waals surface area contributed by atoms with Crippen molar-refractivity contribution in [3.63, 3.8) is 0 Å². The minimum atomic E-state index is 0. The Labute approximate surface area is 230 Å². The van der Waals surface area contributed by atoms with Gasteiger partial charge < -0.3 is 28.4 Å². The molecule has 0 N–H and O–H groups in total. The summed E-state index contributed by atoms with van der Waals surface area (Å²) in [5.74, 6) is 1.27. The van der Waals surface area contributed by atoms with Crippen molar-refractivity contribution in [2.45, 2.75) is 6.92 Å². The van der Waals surface area contributed by atoms with Gasteiger partial charge in [-0.3, -0.25) is 10.1 Å². The van der Waals surface area contributed by atoms with Crippen LogP contribution in [0.25, 0.3) is 22.9 Å². The first-order valence-corrected chi connectivity index (χ1v) is 11.2. The molecule has 0 saturated heterocycles. The van der Waals surface area contributed by atoms with Gasteiger partial charge in [0.1, 0.15) is 0 Å². The van der Waals surface area contributed by atoms with Gasteiger partial charge in [-0.2, -0.15) is 60.7 Å². The summed E-state index contributed by atoms with van der Waals surface area (Å²) in [6, 6.07) is 27.5. The summed E-state index contributed by atoms with van der Waals surface area (Å²) in [5.41, 5.74) is 2.79. The van der Waals surface area contributed by atoms with Crippen molar-refractivity contribution in [3.05, 3.63) is 128 Å². The first kappa shape index (κ1) is 27.4.